The number of hydrogen-bond acceptors (Lipinski definition) is 8. The minimum atomic E-state index is -1.05. The number of alkyl carbamates (subject to hydrolysis) is 1. The molecule has 1 spiro atoms. The fourth-order valence-corrected chi connectivity index (χ4v) is 6.83. The van der Waals surface area contributed by atoms with Gasteiger partial charge < -0.3 is 29.8 Å². The summed E-state index contributed by atoms with van der Waals surface area (Å²) in [6, 6.07) is 19.1. The SMILES string of the molecule is CC(C)[C@@H]1NC(=O)[C@@H](NC(=O)OCc2ccccc2)Cc2ccc3c(c2)[C@@]2(c4cccc(Br)c4N[C@@H]2O3)c2oc1nc2C=O. The molecule has 10 nitrogen and oxygen atoms in total. The summed E-state index contributed by atoms with van der Waals surface area (Å²) in [7, 11) is 0. The number of fused-ring (bicyclic) bond motifs is 4. The summed E-state index contributed by atoms with van der Waals surface area (Å²) < 4.78 is 19.3. The maximum atomic E-state index is 13.8. The average molecular weight is 658 g/mol. The Hall–Kier alpha value is -4.64. The highest BCUT2D eigenvalue weighted by atomic mass is 79.9. The smallest absolute Gasteiger partial charge is 0.408 e. The van der Waals surface area contributed by atoms with E-state index < -0.39 is 35.7 Å². The summed E-state index contributed by atoms with van der Waals surface area (Å²) in [5, 5.41) is 9.26. The molecule has 44 heavy (non-hydrogen) atoms. The molecule has 7 rings (SSSR count). The van der Waals surface area contributed by atoms with Crippen LogP contribution in [0.5, 0.6) is 5.75 Å². The van der Waals surface area contributed by atoms with Crippen molar-refractivity contribution in [1.29, 1.82) is 0 Å². The summed E-state index contributed by atoms with van der Waals surface area (Å²) in [4.78, 5) is 43.9. The van der Waals surface area contributed by atoms with Crippen LogP contribution in [-0.4, -0.2) is 35.5 Å². The lowest BCUT2D eigenvalue weighted by Gasteiger charge is -2.28. The number of nitrogens with one attached hydrogen (secondary N) is 3. The number of rotatable bonds is 5. The van der Waals surface area contributed by atoms with E-state index in [0.29, 0.717) is 17.8 Å². The quantitative estimate of drug-likeness (QED) is 0.244. The number of carbonyl (C=O) groups excluding carboxylic acids is 3. The van der Waals surface area contributed by atoms with E-state index in [1.807, 2.05) is 80.6 Å². The summed E-state index contributed by atoms with van der Waals surface area (Å²) in [5.41, 5.74) is 3.13. The highest BCUT2D eigenvalue weighted by Gasteiger charge is 2.61. The predicted octanol–water partition coefficient (Wildman–Crippen LogP) is 5.39. The molecule has 4 atom stereocenters. The zero-order chi connectivity index (χ0) is 30.6. The van der Waals surface area contributed by atoms with Crippen LogP contribution in [0.2, 0.25) is 0 Å². The van der Waals surface area contributed by atoms with Crippen LogP contribution in [0.4, 0.5) is 10.5 Å². The Morgan fingerprint density at radius 2 is 1.95 bits per heavy atom. The molecule has 0 unspecified atom stereocenters. The molecule has 2 amide bonds. The molecule has 1 aromatic heterocycles. The molecule has 4 bridgehead atoms. The van der Waals surface area contributed by atoms with Gasteiger partial charge in [-0.05, 0) is 45.1 Å². The maximum absolute atomic E-state index is 13.8. The zero-order valence-corrected chi connectivity index (χ0v) is 25.5. The molecule has 3 aliphatic heterocycles. The van der Waals surface area contributed by atoms with Crippen molar-refractivity contribution >= 4 is 39.9 Å². The van der Waals surface area contributed by atoms with Crippen LogP contribution in [0.1, 0.15) is 64.3 Å². The fourth-order valence-electron chi connectivity index (χ4n) is 6.35. The first-order chi connectivity index (χ1) is 21.3. The van der Waals surface area contributed by atoms with Crippen LogP contribution in [0.3, 0.4) is 0 Å². The van der Waals surface area contributed by atoms with E-state index >= 15 is 0 Å². The molecule has 224 valence electrons. The second-order valence-electron chi connectivity index (χ2n) is 11.5. The van der Waals surface area contributed by atoms with Crippen molar-refractivity contribution in [3.63, 3.8) is 0 Å². The van der Waals surface area contributed by atoms with E-state index in [-0.39, 0.29) is 30.5 Å². The molecule has 0 radical (unpaired) electrons. The van der Waals surface area contributed by atoms with E-state index in [0.717, 1.165) is 32.4 Å². The third kappa shape index (κ3) is 4.45. The fraction of sp³-hybridized carbons (Fsp3) is 0.273. The van der Waals surface area contributed by atoms with E-state index in [2.05, 4.69) is 36.9 Å². The molecule has 4 heterocycles. The molecular formula is C33H29BrN4O6. The first-order valence-corrected chi connectivity index (χ1v) is 15.2. The summed E-state index contributed by atoms with van der Waals surface area (Å²) in [6.07, 6.45) is -0.490. The average Bonchev–Trinajstić information content (AvgIpc) is 3.68. The number of oxazole rings is 1. The standard InChI is InChI=1S/C33H29BrN4O6/c1-17(2)26-30-35-24(15-39)28(44-30)33-20-9-6-10-22(34)27(20)38-31(33)43-25-12-11-19(13-21(25)33)14-23(29(40)37-26)36-32(41)42-16-18-7-4-3-5-8-18/h3-13,15,17,23,26,31,38H,14,16H2,1-2H3,(H,36,41)(H,37,40)/t23-,26-,31+,33-/m0/s1. The Bertz CT molecular complexity index is 1790. The van der Waals surface area contributed by atoms with Gasteiger partial charge in [0.1, 0.15) is 35.5 Å². The molecule has 3 N–H and O–H groups in total. The highest BCUT2D eigenvalue weighted by molar-refractivity contribution is 9.10. The Labute approximate surface area is 261 Å². The number of amides is 2. The molecule has 4 aromatic rings. The van der Waals surface area contributed by atoms with Gasteiger partial charge in [-0.15, -0.1) is 0 Å². The van der Waals surface area contributed by atoms with Gasteiger partial charge in [-0.1, -0.05) is 68.4 Å². The molecule has 11 heteroatoms. The molecule has 0 saturated carbocycles. The number of nitrogens with zero attached hydrogens (tertiary/aromatic N) is 1. The lowest BCUT2D eigenvalue weighted by Crippen LogP contribution is -2.49. The highest BCUT2D eigenvalue weighted by Crippen LogP contribution is 2.59. The van der Waals surface area contributed by atoms with Crippen LogP contribution < -0.4 is 20.7 Å². The summed E-state index contributed by atoms with van der Waals surface area (Å²) in [6.45, 7) is 3.90. The van der Waals surface area contributed by atoms with Crippen molar-refractivity contribution in [1.82, 2.24) is 15.6 Å². The lowest BCUT2D eigenvalue weighted by molar-refractivity contribution is -0.124. The number of carbonyl (C=O) groups is 3. The monoisotopic (exact) mass is 656 g/mol. The van der Waals surface area contributed by atoms with Crippen LogP contribution in [0, 0.1) is 5.92 Å². The van der Waals surface area contributed by atoms with Crippen molar-refractivity contribution in [3.05, 3.63) is 111 Å². The summed E-state index contributed by atoms with van der Waals surface area (Å²) >= 11 is 3.66. The Balaban J connectivity index is 1.35. The number of halogens is 1. The topological polar surface area (TPSA) is 132 Å². The Morgan fingerprint density at radius 1 is 1.14 bits per heavy atom. The van der Waals surface area contributed by atoms with Crippen molar-refractivity contribution in [3.8, 4) is 5.75 Å². The number of aromatic nitrogens is 1. The van der Waals surface area contributed by atoms with Crippen LogP contribution in [0.25, 0.3) is 0 Å². The van der Waals surface area contributed by atoms with Gasteiger partial charge in [0.05, 0.1) is 5.69 Å². The van der Waals surface area contributed by atoms with Gasteiger partial charge >= 0.3 is 6.09 Å². The number of aldehydes is 1. The van der Waals surface area contributed by atoms with Crippen LogP contribution in [0.15, 0.2) is 75.6 Å². The molecule has 3 aliphatic rings. The first-order valence-electron chi connectivity index (χ1n) is 14.4. The molecule has 0 fully saturated rings. The maximum Gasteiger partial charge on any atom is 0.408 e. The number of ether oxygens (including phenoxy) is 2. The van der Waals surface area contributed by atoms with Crippen molar-refractivity contribution < 1.29 is 28.3 Å². The predicted molar refractivity (Wildman–Crippen MR) is 163 cm³/mol. The molecule has 0 aliphatic carbocycles. The third-order valence-corrected chi connectivity index (χ3v) is 9.11. The van der Waals surface area contributed by atoms with Gasteiger partial charge in [0.2, 0.25) is 11.8 Å². The van der Waals surface area contributed by atoms with Crippen LogP contribution in [-0.2, 0) is 28.0 Å². The van der Waals surface area contributed by atoms with Gasteiger partial charge in [-0.25, -0.2) is 9.78 Å². The normalized spacial score (nSPS) is 22.8. The molecule has 0 saturated heterocycles. The van der Waals surface area contributed by atoms with Crippen LogP contribution >= 0.6 is 15.9 Å². The first kappa shape index (κ1) is 28.1. The van der Waals surface area contributed by atoms with Crippen molar-refractivity contribution in [2.24, 2.45) is 5.92 Å². The van der Waals surface area contributed by atoms with Crippen molar-refractivity contribution in [2.75, 3.05) is 5.32 Å². The largest absolute Gasteiger partial charge is 0.469 e. The van der Waals surface area contributed by atoms with E-state index in [9.17, 15) is 14.4 Å². The summed E-state index contributed by atoms with van der Waals surface area (Å²) in [5.74, 6) is 0.545. The second-order valence-corrected chi connectivity index (χ2v) is 12.4. The van der Waals surface area contributed by atoms with Gasteiger partial charge in [-0.2, -0.15) is 0 Å². The third-order valence-electron chi connectivity index (χ3n) is 8.45. The van der Waals surface area contributed by atoms with E-state index in [4.69, 9.17) is 13.9 Å². The molecular weight excluding hydrogens is 628 g/mol. The second kappa shape index (κ2) is 10.8. The van der Waals surface area contributed by atoms with E-state index in [1.165, 1.54) is 0 Å². The molecule has 3 aromatic carbocycles. The Kier molecular flexibility index (Phi) is 6.92. The zero-order valence-electron chi connectivity index (χ0n) is 23.9. The number of hydrogen-bond donors (Lipinski definition) is 3. The number of para-hydroxylation sites is 1. The lowest BCUT2D eigenvalue weighted by atomic mass is 9.72. The van der Waals surface area contributed by atoms with Crippen molar-refractivity contribution in [2.45, 2.75) is 50.6 Å². The van der Waals surface area contributed by atoms with Gasteiger partial charge in [-0.3, -0.25) is 9.59 Å². The van der Waals surface area contributed by atoms with E-state index in [1.54, 1.807) is 0 Å². The minimum absolute atomic E-state index is 0.0608. The Morgan fingerprint density at radius 3 is 2.73 bits per heavy atom. The number of benzene rings is 3. The minimum Gasteiger partial charge on any atom is -0.469 e. The van der Waals surface area contributed by atoms with Gasteiger partial charge in [0.15, 0.2) is 18.3 Å². The van der Waals surface area contributed by atoms with Gasteiger partial charge in [0, 0.05) is 22.0 Å². The number of anilines is 1. The van der Waals surface area contributed by atoms with Gasteiger partial charge in [0.25, 0.3) is 0 Å².